The van der Waals surface area contributed by atoms with Gasteiger partial charge in [0.25, 0.3) is 5.91 Å². The fourth-order valence-corrected chi connectivity index (χ4v) is 17.5. The second-order valence-corrected chi connectivity index (χ2v) is 25.4. The average Bonchev–Trinajstić information content (AvgIpc) is 3.82. The molecular formula is C65H87ClN4O6. The minimum Gasteiger partial charge on any atom is -1.00 e. The predicted octanol–water partition coefficient (Wildman–Crippen LogP) is 9.31. The number of amides is 2. The van der Waals surface area contributed by atoms with Gasteiger partial charge in [-0.05, 0) is 174 Å². The lowest BCUT2D eigenvalue weighted by atomic mass is 9.33. The molecule has 11 atom stereocenters. The quantitative estimate of drug-likeness (QED) is 0.0936. The number of hydrogen-bond donors (Lipinski definition) is 0. The molecule has 11 heteroatoms. The number of ketones is 1. The van der Waals surface area contributed by atoms with Gasteiger partial charge < -0.3 is 36.3 Å². The van der Waals surface area contributed by atoms with Crippen LogP contribution in [0.2, 0.25) is 0 Å². The number of esters is 1. The third-order valence-corrected chi connectivity index (χ3v) is 22.0. The highest BCUT2D eigenvalue weighted by molar-refractivity contribution is 6.09. The first kappa shape index (κ1) is 55.8. The molecule has 2 aliphatic heterocycles. The third-order valence-electron chi connectivity index (χ3n) is 22.0. The van der Waals surface area contributed by atoms with E-state index in [1.165, 1.54) is 31.8 Å². The second-order valence-electron chi connectivity index (χ2n) is 25.4. The number of carbonyl (C=O) groups excluding carboxylic acids is 4. The number of nitrogens with zero attached hydrogens (tertiary/aromatic N) is 4. The van der Waals surface area contributed by atoms with Crippen LogP contribution < -0.4 is 27.2 Å². The Morgan fingerprint density at radius 1 is 0.789 bits per heavy atom. The van der Waals surface area contributed by atoms with Crippen molar-refractivity contribution in [1.82, 2.24) is 14.4 Å². The standard InChI is InChI=1S/C65H87N4O6.ClH/c1-13-66(14-2)44-22-24-48-52(38-44)75-53-39-45(67(15-3)16-4)23-25-49(53)56(48)46-20-17-18-21-47(46)59(72)68-34-19-35-69(37-36-68)60(73)65(12)54-27-31-64(11)58(62(54,9)30-28-55(65)74-43(7)70)51(71)40-50-57-42(6)41(5)26-29-61(57,8)32-33-63(50,64)10;/h17-18,20-25,38-42,54-55,57-58H,13-16,19,26-37H2,1-12H3;1H/q+1;/p-1/t41-,42+,54-,55-,57+,58-,61-,62+,63-,64-,65-;/m1./s1. The topological polar surface area (TPSA) is 103 Å². The van der Waals surface area contributed by atoms with Crippen molar-refractivity contribution < 1.29 is 40.7 Å². The molecule has 1 saturated heterocycles. The van der Waals surface area contributed by atoms with Gasteiger partial charge in [0.15, 0.2) is 5.78 Å². The number of hydrogen-bond acceptors (Lipinski definition) is 7. The molecule has 4 saturated carbocycles. The minimum atomic E-state index is -1.06. The van der Waals surface area contributed by atoms with Crippen LogP contribution in [0.5, 0.6) is 0 Å². The average molecular weight is 1060 g/mol. The van der Waals surface area contributed by atoms with E-state index in [0.29, 0.717) is 68.8 Å². The summed E-state index contributed by atoms with van der Waals surface area (Å²) in [5, 5.41) is 2.03. The molecule has 0 aromatic heterocycles. The van der Waals surface area contributed by atoms with Gasteiger partial charge in [-0.1, -0.05) is 65.3 Å². The Hall–Kier alpha value is -4.96. The Kier molecular flexibility index (Phi) is 15.2. The van der Waals surface area contributed by atoms with Crippen LogP contribution in [0.15, 0.2) is 76.7 Å². The maximum absolute atomic E-state index is 15.9. The molecule has 10 nitrogen and oxygen atoms in total. The van der Waals surface area contributed by atoms with E-state index >= 15 is 14.4 Å². The summed E-state index contributed by atoms with van der Waals surface area (Å²) < 4.78 is 15.4. The summed E-state index contributed by atoms with van der Waals surface area (Å²) in [6.07, 6.45) is 9.72. The van der Waals surface area contributed by atoms with Crippen LogP contribution in [-0.2, 0) is 19.1 Å². The first-order chi connectivity index (χ1) is 35.7. The van der Waals surface area contributed by atoms with Gasteiger partial charge in [-0.2, -0.15) is 0 Å². The minimum absolute atomic E-state index is 0. The number of allylic oxidation sites excluding steroid dienone is 2. The molecule has 0 spiro atoms. The molecule has 0 radical (unpaired) electrons. The number of ether oxygens (including phenoxy) is 1. The molecule has 0 bridgehead atoms. The number of rotatable bonds is 9. The number of carbonyl (C=O) groups is 4. The molecule has 0 N–H and O–H groups in total. The Bertz CT molecular complexity index is 2990. The number of benzene rings is 3. The van der Waals surface area contributed by atoms with E-state index in [0.717, 1.165) is 89.9 Å². The van der Waals surface area contributed by atoms with Gasteiger partial charge in [0.2, 0.25) is 11.3 Å². The highest BCUT2D eigenvalue weighted by Gasteiger charge is 2.72. The SMILES string of the molecule is CCN(CC)c1ccc2c(-c3ccccc3C(=O)N3CCCN(C(=O)[C@]4(C)[C@@H]5CC[C@]6(C)[C@H](C(=O)C=C7[C@@H]8[C@@H](C)[C@H](C)CC[C@]8(C)CC[C@]76C)[C@@]5(C)CC[C@H]4OC(C)=O)CC3)c3ccc(=[N+](CC)CC)cc-3oc2c1.[Cl-]. The maximum Gasteiger partial charge on any atom is 0.302 e. The van der Waals surface area contributed by atoms with Crippen molar-refractivity contribution in [2.45, 2.75) is 147 Å². The van der Waals surface area contributed by atoms with Crippen LogP contribution in [0.1, 0.15) is 151 Å². The molecule has 2 heterocycles. The summed E-state index contributed by atoms with van der Waals surface area (Å²) in [6.45, 7) is 31.9. The monoisotopic (exact) mass is 1050 g/mol. The number of halogens is 1. The number of fused-ring (bicyclic) bond motifs is 9. The van der Waals surface area contributed by atoms with Crippen molar-refractivity contribution >= 4 is 40.2 Å². The highest BCUT2D eigenvalue weighted by atomic mass is 35.5. The van der Waals surface area contributed by atoms with Gasteiger partial charge in [-0.25, -0.2) is 4.58 Å². The van der Waals surface area contributed by atoms with Crippen LogP contribution >= 0.6 is 0 Å². The maximum atomic E-state index is 15.9. The zero-order valence-electron chi connectivity index (χ0n) is 48.0. The third kappa shape index (κ3) is 8.58. The Morgan fingerprint density at radius 3 is 2.21 bits per heavy atom. The molecule has 8 aliphatic rings. The zero-order valence-corrected chi connectivity index (χ0v) is 48.7. The van der Waals surface area contributed by atoms with Gasteiger partial charge in [0.1, 0.15) is 30.5 Å². The molecule has 410 valence electrons. The van der Waals surface area contributed by atoms with Crippen molar-refractivity contribution in [1.29, 1.82) is 0 Å². The van der Waals surface area contributed by atoms with Crippen LogP contribution in [0.4, 0.5) is 5.69 Å². The lowest BCUT2D eigenvalue weighted by molar-refractivity contribution is -0.218. The van der Waals surface area contributed by atoms with Crippen LogP contribution in [0.3, 0.4) is 0 Å². The Balaban J connectivity index is 0.00000706. The highest BCUT2D eigenvalue weighted by Crippen LogP contribution is 2.75. The molecule has 10 rings (SSSR count). The summed E-state index contributed by atoms with van der Waals surface area (Å²) in [5.41, 5.74) is 4.89. The second kappa shape index (κ2) is 20.7. The smallest absolute Gasteiger partial charge is 0.302 e. The van der Waals surface area contributed by atoms with Crippen molar-refractivity contribution in [2.75, 3.05) is 57.3 Å². The van der Waals surface area contributed by atoms with E-state index in [9.17, 15) is 4.79 Å². The van der Waals surface area contributed by atoms with Gasteiger partial charge in [0, 0.05) is 92.0 Å². The lowest BCUT2D eigenvalue weighted by Gasteiger charge is -2.70. The van der Waals surface area contributed by atoms with Crippen LogP contribution in [0.25, 0.3) is 33.4 Å². The van der Waals surface area contributed by atoms with Gasteiger partial charge in [-0.15, -0.1) is 0 Å². The summed E-state index contributed by atoms with van der Waals surface area (Å²) in [4.78, 5) is 65.6. The van der Waals surface area contributed by atoms with Gasteiger partial charge in [-0.3, -0.25) is 19.2 Å². The first-order valence-electron chi connectivity index (χ1n) is 29.2. The fraction of sp³-hybridized carbons (Fsp3) is 0.615. The van der Waals surface area contributed by atoms with Gasteiger partial charge >= 0.3 is 5.97 Å². The Morgan fingerprint density at radius 2 is 1.50 bits per heavy atom. The summed E-state index contributed by atoms with van der Waals surface area (Å²) in [6, 6.07) is 20.8. The van der Waals surface area contributed by atoms with E-state index in [4.69, 9.17) is 9.15 Å². The normalized spacial score (nSPS) is 33.2. The molecule has 0 unspecified atom stereocenters. The van der Waals surface area contributed by atoms with E-state index in [1.807, 2.05) is 28.0 Å². The molecule has 6 aliphatic carbocycles. The molecule has 5 fully saturated rings. The van der Waals surface area contributed by atoms with Crippen LogP contribution in [-0.4, -0.2) is 91.8 Å². The number of anilines is 1. The zero-order chi connectivity index (χ0) is 53.6. The van der Waals surface area contributed by atoms with Crippen LogP contribution in [0, 0.1) is 56.7 Å². The van der Waals surface area contributed by atoms with E-state index in [1.54, 1.807) is 0 Å². The molecule has 2 amide bonds. The van der Waals surface area contributed by atoms with Gasteiger partial charge in [0.05, 0.1) is 11.5 Å². The molecular weight excluding hydrogens is 968 g/mol. The first-order valence-corrected chi connectivity index (χ1v) is 29.2. The van der Waals surface area contributed by atoms with Crippen molar-refractivity contribution in [3.63, 3.8) is 0 Å². The van der Waals surface area contributed by atoms with Crippen molar-refractivity contribution in [2.24, 2.45) is 56.7 Å². The summed E-state index contributed by atoms with van der Waals surface area (Å²) in [5.74, 6) is 1.64. The largest absolute Gasteiger partial charge is 1.00 e. The molecule has 2 aromatic carbocycles. The Labute approximate surface area is 459 Å². The summed E-state index contributed by atoms with van der Waals surface area (Å²) >= 11 is 0. The summed E-state index contributed by atoms with van der Waals surface area (Å²) in [7, 11) is 0. The molecule has 76 heavy (non-hydrogen) atoms. The van der Waals surface area contributed by atoms with Crippen molar-refractivity contribution in [3.05, 3.63) is 83.2 Å². The van der Waals surface area contributed by atoms with E-state index in [-0.39, 0.29) is 64.1 Å². The molecule has 2 aromatic rings. The lowest BCUT2D eigenvalue weighted by Crippen LogP contribution is -3.00. The van der Waals surface area contributed by atoms with E-state index < -0.39 is 16.9 Å². The van der Waals surface area contributed by atoms with E-state index in [2.05, 4.69) is 134 Å². The fourth-order valence-electron chi connectivity index (χ4n) is 17.5. The van der Waals surface area contributed by atoms with Crippen molar-refractivity contribution in [3.8, 4) is 22.5 Å². The predicted molar refractivity (Wildman–Crippen MR) is 300 cm³/mol.